The van der Waals surface area contributed by atoms with Crippen molar-refractivity contribution in [2.45, 2.75) is 53.6 Å². The van der Waals surface area contributed by atoms with Crippen LogP contribution in [0.4, 0.5) is 0 Å². The Morgan fingerprint density at radius 2 is 0.864 bits per heavy atom. The highest BCUT2D eigenvalue weighted by atomic mass is 79.9. The number of nitrogens with zero attached hydrogens (tertiary/aromatic N) is 2. The van der Waals surface area contributed by atoms with Crippen molar-refractivity contribution >= 4 is 34.0 Å². The molecule has 0 aromatic carbocycles. The van der Waals surface area contributed by atoms with Crippen LogP contribution in [0.15, 0.2) is 36.9 Å². The van der Waals surface area contributed by atoms with Crippen LogP contribution in [0.5, 0.6) is 0 Å². The van der Waals surface area contributed by atoms with Crippen molar-refractivity contribution in [1.82, 2.24) is 0 Å². The number of hydrogen-bond donors (Lipinski definition) is 0. The van der Waals surface area contributed by atoms with Crippen molar-refractivity contribution in [2.75, 3.05) is 0 Å². The van der Waals surface area contributed by atoms with Gasteiger partial charge >= 0.3 is 0 Å². The molecule has 0 aliphatic rings. The molecular weight excluding hydrogens is 404 g/mol. The van der Waals surface area contributed by atoms with Gasteiger partial charge in [-0.1, -0.05) is 0 Å². The summed E-state index contributed by atoms with van der Waals surface area (Å²) < 4.78 is 4.63. The summed E-state index contributed by atoms with van der Waals surface area (Å²) in [6, 6.07) is 4.45. The Bertz CT molecular complexity index is 504. The molecule has 0 bridgehead atoms. The Morgan fingerprint density at radius 1 is 0.591 bits per heavy atom. The first-order valence-corrected chi connectivity index (χ1v) is 7.47. The highest BCUT2D eigenvalue weighted by Crippen LogP contribution is 2.00. The highest BCUT2D eigenvalue weighted by Gasteiger charge is 2.06. The normalized spacial score (nSPS) is 9.82. The zero-order chi connectivity index (χ0) is 14.5. The van der Waals surface area contributed by atoms with Crippen LogP contribution in [-0.2, 0) is 13.1 Å². The third-order valence-corrected chi connectivity index (χ3v) is 3.47. The van der Waals surface area contributed by atoms with Crippen molar-refractivity contribution in [3.8, 4) is 0 Å². The summed E-state index contributed by atoms with van der Waals surface area (Å²) in [5.74, 6) is 0. The van der Waals surface area contributed by atoms with Crippen molar-refractivity contribution in [1.29, 1.82) is 0 Å². The molecule has 0 amide bonds. The van der Waals surface area contributed by atoms with E-state index in [0.29, 0.717) is 0 Å². The van der Waals surface area contributed by atoms with E-state index in [2.05, 4.69) is 73.7 Å². The number of halogens is 2. The van der Waals surface area contributed by atoms with Gasteiger partial charge in [-0.2, -0.15) is 0 Å². The van der Waals surface area contributed by atoms with Crippen molar-refractivity contribution in [3.05, 3.63) is 59.2 Å². The number of aryl methyl sites for hydroxylation is 6. The van der Waals surface area contributed by atoms with Gasteiger partial charge in [0.2, 0.25) is 0 Å². The maximum Gasteiger partial charge on any atom is 0.171 e. The first kappa shape index (κ1) is 21.3. The van der Waals surface area contributed by atoms with Gasteiger partial charge < -0.3 is 0 Å². The second-order valence-corrected chi connectivity index (χ2v) is 5.96. The van der Waals surface area contributed by atoms with E-state index in [1.54, 1.807) is 0 Å². The molecule has 2 rings (SSSR count). The van der Waals surface area contributed by atoms with Gasteiger partial charge in [-0.25, -0.2) is 9.13 Å². The molecular formula is C18H28Br2N2+2. The van der Waals surface area contributed by atoms with Crippen LogP contribution in [0.2, 0.25) is 0 Å². The third kappa shape index (κ3) is 7.01. The van der Waals surface area contributed by atoms with Crippen LogP contribution in [-0.4, -0.2) is 0 Å². The largest absolute Gasteiger partial charge is 0.205 e. The van der Waals surface area contributed by atoms with Crippen molar-refractivity contribution < 1.29 is 9.13 Å². The fourth-order valence-electron chi connectivity index (χ4n) is 2.84. The maximum absolute atomic E-state index is 2.32. The molecule has 122 valence electrons. The molecule has 0 saturated heterocycles. The number of unbranched alkanes of at least 4 members (excludes halogenated alkanes) is 1. The lowest BCUT2D eigenvalue weighted by molar-refractivity contribution is -0.708. The average Bonchev–Trinajstić information content (AvgIpc) is 2.32. The molecule has 0 radical (unpaired) electrons. The van der Waals surface area contributed by atoms with E-state index in [-0.39, 0.29) is 34.0 Å². The van der Waals surface area contributed by atoms with Crippen LogP contribution in [0.25, 0.3) is 0 Å². The monoisotopic (exact) mass is 430 g/mol. The Hall–Kier alpha value is -0.740. The number of rotatable bonds is 5. The van der Waals surface area contributed by atoms with Gasteiger partial charge in [-0.3, -0.25) is 0 Å². The third-order valence-electron chi connectivity index (χ3n) is 3.47. The molecule has 4 heteroatoms. The minimum absolute atomic E-state index is 0. The van der Waals surface area contributed by atoms with Crippen molar-refractivity contribution in [3.63, 3.8) is 0 Å². The lowest BCUT2D eigenvalue weighted by atomic mass is 10.2. The molecule has 22 heavy (non-hydrogen) atoms. The molecule has 0 atom stereocenters. The predicted octanol–water partition coefficient (Wildman–Crippen LogP) is 4.13. The van der Waals surface area contributed by atoms with Gasteiger partial charge in [0.15, 0.2) is 24.8 Å². The predicted molar refractivity (Wildman–Crippen MR) is 102 cm³/mol. The second kappa shape index (κ2) is 10.1. The molecule has 0 N–H and O–H groups in total. The topological polar surface area (TPSA) is 7.76 Å². The van der Waals surface area contributed by atoms with Crippen LogP contribution in [0, 0.1) is 27.7 Å². The van der Waals surface area contributed by atoms with Crippen LogP contribution < -0.4 is 9.13 Å². The molecule has 0 fully saturated rings. The van der Waals surface area contributed by atoms with Gasteiger partial charge in [0.1, 0.15) is 13.1 Å². The van der Waals surface area contributed by atoms with Gasteiger partial charge in [0.25, 0.3) is 0 Å². The summed E-state index contributed by atoms with van der Waals surface area (Å²) in [4.78, 5) is 0. The van der Waals surface area contributed by atoms with Crippen LogP contribution in [0.3, 0.4) is 0 Å². The SMILES string of the molecule is Br.Br.Cc1cc(C)c[n+](CCCC[n+]2cc(C)cc(C)c2)c1. The van der Waals surface area contributed by atoms with Crippen LogP contribution in [0.1, 0.15) is 35.1 Å². The molecule has 0 spiro atoms. The first-order chi connectivity index (χ1) is 9.52. The first-order valence-electron chi connectivity index (χ1n) is 7.47. The van der Waals surface area contributed by atoms with E-state index >= 15 is 0 Å². The zero-order valence-electron chi connectivity index (χ0n) is 14.0. The molecule has 2 heterocycles. The van der Waals surface area contributed by atoms with Crippen LogP contribution >= 0.6 is 34.0 Å². The summed E-state index contributed by atoms with van der Waals surface area (Å²) in [5, 5.41) is 0. The van der Waals surface area contributed by atoms with E-state index in [1.807, 2.05) is 0 Å². The van der Waals surface area contributed by atoms with E-state index in [4.69, 9.17) is 0 Å². The molecule has 0 unspecified atom stereocenters. The lowest BCUT2D eigenvalue weighted by Gasteiger charge is -2.01. The lowest BCUT2D eigenvalue weighted by Crippen LogP contribution is -2.36. The molecule has 0 saturated carbocycles. The smallest absolute Gasteiger partial charge is 0.171 e. The minimum atomic E-state index is 0. The Kier molecular flexibility index (Phi) is 9.77. The fraction of sp³-hybridized carbons (Fsp3) is 0.444. The Morgan fingerprint density at radius 3 is 1.14 bits per heavy atom. The number of hydrogen-bond acceptors (Lipinski definition) is 0. The molecule has 0 aliphatic heterocycles. The van der Waals surface area contributed by atoms with Gasteiger partial charge in [0, 0.05) is 35.1 Å². The summed E-state index contributed by atoms with van der Waals surface area (Å²) >= 11 is 0. The minimum Gasteiger partial charge on any atom is -0.205 e. The molecule has 2 aromatic rings. The van der Waals surface area contributed by atoms with Crippen molar-refractivity contribution in [2.24, 2.45) is 0 Å². The molecule has 0 aliphatic carbocycles. The summed E-state index contributed by atoms with van der Waals surface area (Å²) in [5.41, 5.74) is 5.37. The summed E-state index contributed by atoms with van der Waals surface area (Å²) in [6.45, 7) is 10.9. The van der Waals surface area contributed by atoms with Gasteiger partial charge in [-0.05, 0) is 39.8 Å². The summed E-state index contributed by atoms with van der Waals surface area (Å²) in [6.07, 6.45) is 11.4. The number of aromatic nitrogens is 2. The zero-order valence-corrected chi connectivity index (χ0v) is 17.4. The molecule has 2 aromatic heterocycles. The Labute approximate surface area is 155 Å². The van der Waals surface area contributed by atoms with E-state index in [1.165, 1.54) is 35.1 Å². The Balaban J connectivity index is 0.00000220. The van der Waals surface area contributed by atoms with Gasteiger partial charge in [0.05, 0.1) is 0 Å². The van der Waals surface area contributed by atoms with E-state index in [0.717, 1.165) is 13.1 Å². The van der Waals surface area contributed by atoms with E-state index in [9.17, 15) is 0 Å². The standard InChI is InChI=1S/C18H26N2.2BrH/c1-15-9-16(2)12-19(11-15)7-5-6-8-20-13-17(3)10-18(4)14-20;;/h9-14H,5-8H2,1-4H3;2*1H/q+2;;. The average molecular weight is 432 g/mol. The van der Waals surface area contributed by atoms with E-state index < -0.39 is 0 Å². The quantitative estimate of drug-likeness (QED) is 0.496. The molecule has 2 nitrogen and oxygen atoms in total. The fourth-order valence-corrected chi connectivity index (χ4v) is 2.84. The number of pyridine rings is 2. The van der Waals surface area contributed by atoms with Gasteiger partial charge in [-0.15, -0.1) is 34.0 Å². The summed E-state index contributed by atoms with van der Waals surface area (Å²) in [7, 11) is 0. The highest BCUT2D eigenvalue weighted by molar-refractivity contribution is 8.93. The maximum atomic E-state index is 2.32. The second-order valence-electron chi connectivity index (χ2n) is 5.96.